The van der Waals surface area contributed by atoms with Gasteiger partial charge in [0.2, 0.25) is 10.0 Å². The van der Waals surface area contributed by atoms with Crippen molar-refractivity contribution < 1.29 is 13.2 Å². The highest BCUT2D eigenvalue weighted by molar-refractivity contribution is 7.89. The van der Waals surface area contributed by atoms with E-state index in [2.05, 4.69) is 11.8 Å². The second-order valence-corrected chi connectivity index (χ2v) is 6.54. The van der Waals surface area contributed by atoms with E-state index in [1.54, 1.807) is 0 Å². The van der Waals surface area contributed by atoms with Crippen LogP contribution in [0.4, 0.5) is 0 Å². The van der Waals surface area contributed by atoms with E-state index in [0.29, 0.717) is 38.4 Å². The van der Waals surface area contributed by atoms with Crippen molar-refractivity contribution in [3.05, 3.63) is 29.8 Å². The minimum absolute atomic E-state index is 0.247. The molecule has 0 radical (unpaired) electrons. The summed E-state index contributed by atoms with van der Waals surface area (Å²) in [6, 6.07) is 7.37. The lowest BCUT2D eigenvalue weighted by Gasteiger charge is -2.14. The first-order valence-corrected chi connectivity index (χ1v) is 8.12. The summed E-state index contributed by atoms with van der Waals surface area (Å²) >= 11 is 0. The molecule has 0 bridgehead atoms. The summed E-state index contributed by atoms with van der Waals surface area (Å²) in [5, 5.41) is 0. The van der Waals surface area contributed by atoms with Gasteiger partial charge in [0.1, 0.15) is 12.4 Å². The standard InChI is InChI=1S/C14H18N2O3S/c15-7-2-5-13-4-1-6-14(12-13)19-10-9-16-8-3-11-20(16,17)18/h1,4,6,12H,3,7-11,15H2. The molecule has 0 unspecified atom stereocenters. The molecule has 1 aliphatic rings. The molecule has 1 fully saturated rings. The van der Waals surface area contributed by atoms with Crippen molar-refractivity contribution in [2.24, 2.45) is 5.73 Å². The van der Waals surface area contributed by atoms with E-state index in [-0.39, 0.29) is 5.75 Å². The molecule has 1 heterocycles. The Morgan fingerprint density at radius 2 is 2.25 bits per heavy atom. The number of nitrogens with two attached hydrogens (primary N) is 1. The van der Waals surface area contributed by atoms with Gasteiger partial charge in [-0.25, -0.2) is 8.42 Å². The molecule has 1 aromatic carbocycles. The van der Waals surface area contributed by atoms with Crippen molar-refractivity contribution in [3.63, 3.8) is 0 Å². The molecule has 1 saturated heterocycles. The van der Waals surface area contributed by atoms with Crippen LogP contribution in [0.25, 0.3) is 0 Å². The molecule has 0 amide bonds. The second-order valence-electron chi connectivity index (χ2n) is 4.45. The minimum Gasteiger partial charge on any atom is -0.492 e. The maximum Gasteiger partial charge on any atom is 0.214 e. The number of hydrogen-bond acceptors (Lipinski definition) is 4. The van der Waals surface area contributed by atoms with Crippen LogP contribution in [-0.2, 0) is 10.0 Å². The molecule has 0 saturated carbocycles. The average molecular weight is 294 g/mol. The fraction of sp³-hybridized carbons (Fsp3) is 0.429. The summed E-state index contributed by atoms with van der Waals surface area (Å²) in [6.45, 7) is 1.64. The predicted octanol–water partition coefficient (Wildman–Crippen LogP) is 0.411. The topological polar surface area (TPSA) is 72.6 Å². The van der Waals surface area contributed by atoms with Crippen molar-refractivity contribution >= 4 is 10.0 Å². The molecule has 2 rings (SSSR count). The molecule has 5 nitrogen and oxygen atoms in total. The molecule has 108 valence electrons. The molecular formula is C14H18N2O3S. The molecule has 0 atom stereocenters. The Balaban J connectivity index is 1.88. The average Bonchev–Trinajstić information content (AvgIpc) is 2.76. The Bertz CT molecular complexity index is 617. The third-order valence-electron chi connectivity index (χ3n) is 2.98. The fourth-order valence-electron chi connectivity index (χ4n) is 2.02. The number of sulfonamides is 1. The minimum atomic E-state index is -3.04. The highest BCUT2D eigenvalue weighted by atomic mass is 32.2. The molecule has 1 aliphatic heterocycles. The summed E-state index contributed by atoms with van der Waals surface area (Å²) < 4.78 is 30.3. The summed E-state index contributed by atoms with van der Waals surface area (Å²) in [6.07, 6.45) is 0.701. The van der Waals surface area contributed by atoms with Crippen molar-refractivity contribution in [2.45, 2.75) is 6.42 Å². The van der Waals surface area contributed by atoms with E-state index >= 15 is 0 Å². The van der Waals surface area contributed by atoms with Crippen molar-refractivity contribution in [1.29, 1.82) is 0 Å². The van der Waals surface area contributed by atoms with Gasteiger partial charge in [-0.2, -0.15) is 4.31 Å². The lowest BCUT2D eigenvalue weighted by atomic mass is 10.2. The summed E-state index contributed by atoms with van der Waals surface area (Å²) in [5.74, 6) is 6.64. The molecule has 1 aromatic rings. The van der Waals surface area contributed by atoms with E-state index < -0.39 is 10.0 Å². The lowest BCUT2D eigenvalue weighted by Crippen LogP contribution is -2.30. The Kier molecular flexibility index (Phi) is 5.01. The van der Waals surface area contributed by atoms with Gasteiger partial charge < -0.3 is 10.5 Å². The van der Waals surface area contributed by atoms with Crippen LogP contribution in [0.3, 0.4) is 0 Å². The molecule has 0 aromatic heterocycles. The maximum atomic E-state index is 11.6. The van der Waals surface area contributed by atoms with Gasteiger partial charge in [-0.15, -0.1) is 0 Å². The first kappa shape index (κ1) is 14.9. The van der Waals surface area contributed by atoms with Gasteiger partial charge in [0, 0.05) is 18.7 Å². The first-order valence-electron chi connectivity index (χ1n) is 6.51. The first-order chi connectivity index (χ1) is 9.62. The lowest BCUT2D eigenvalue weighted by molar-refractivity contribution is 0.279. The molecule has 2 N–H and O–H groups in total. The van der Waals surface area contributed by atoms with E-state index in [1.807, 2.05) is 24.3 Å². The van der Waals surface area contributed by atoms with Crippen LogP contribution in [0.2, 0.25) is 0 Å². The Labute approximate surface area is 119 Å². The van der Waals surface area contributed by atoms with Crippen LogP contribution in [-0.4, -0.2) is 44.7 Å². The number of rotatable bonds is 4. The fourth-order valence-corrected chi connectivity index (χ4v) is 3.54. The summed E-state index contributed by atoms with van der Waals surface area (Å²) in [7, 11) is -3.04. The Morgan fingerprint density at radius 1 is 1.40 bits per heavy atom. The number of ether oxygens (including phenoxy) is 1. The Morgan fingerprint density at radius 3 is 2.95 bits per heavy atom. The van der Waals surface area contributed by atoms with Crippen LogP contribution in [0.5, 0.6) is 5.75 Å². The highest BCUT2D eigenvalue weighted by Crippen LogP contribution is 2.15. The van der Waals surface area contributed by atoms with Gasteiger partial charge in [0.15, 0.2) is 0 Å². The maximum absolute atomic E-state index is 11.6. The smallest absolute Gasteiger partial charge is 0.214 e. The molecule has 6 heteroatoms. The second kappa shape index (κ2) is 6.75. The highest BCUT2D eigenvalue weighted by Gasteiger charge is 2.27. The zero-order chi connectivity index (χ0) is 14.4. The molecule has 0 aliphatic carbocycles. The summed E-state index contributed by atoms with van der Waals surface area (Å²) in [4.78, 5) is 0. The summed E-state index contributed by atoms with van der Waals surface area (Å²) in [5.41, 5.74) is 6.16. The van der Waals surface area contributed by atoms with Gasteiger partial charge in [-0.1, -0.05) is 17.9 Å². The van der Waals surface area contributed by atoms with E-state index in [9.17, 15) is 8.42 Å². The van der Waals surface area contributed by atoms with Gasteiger partial charge in [-0.05, 0) is 24.6 Å². The van der Waals surface area contributed by atoms with Crippen LogP contribution in [0, 0.1) is 11.8 Å². The Hall–Kier alpha value is -1.55. The van der Waals surface area contributed by atoms with Crippen molar-refractivity contribution in [2.75, 3.05) is 32.0 Å². The third kappa shape index (κ3) is 3.97. The predicted molar refractivity (Wildman–Crippen MR) is 77.8 cm³/mol. The van der Waals surface area contributed by atoms with Crippen molar-refractivity contribution in [1.82, 2.24) is 4.31 Å². The van der Waals surface area contributed by atoms with Gasteiger partial charge in [0.25, 0.3) is 0 Å². The number of benzene rings is 1. The van der Waals surface area contributed by atoms with Crippen LogP contribution in [0.15, 0.2) is 24.3 Å². The normalized spacial score (nSPS) is 17.4. The van der Waals surface area contributed by atoms with Gasteiger partial charge >= 0.3 is 0 Å². The zero-order valence-corrected chi connectivity index (χ0v) is 12.0. The number of nitrogens with zero attached hydrogens (tertiary/aromatic N) is 1. The molecule has 20 heavy (non-hydrogen) atoms. The van der Waals surface area contributed by atoms with E-state index in [4.69, 9.17) is 10.5 Å². The van der Waals surface area contributed by atoms with Gasteiger partial charge in [0.05, 0.1) is 12.3 Å². The SMILES string of the molecule is NCC#Cc1cccc(OCCN2CCCS2(=O)=O)c1. The van der Waals surface area contributed by atoms with Crippen LogP contribution < -0.4 is 10.5 Å². The third-order valence-corrected chi connectivity index (χ3v) is 4.94. The van der Waals surface area contributed by atoms with Crippen LogP contribution in [0.1, 0.15) is 12.0 Å². The van der Waals surface area contributed by atoms with Crippen LogP contribution >= 0.6 is 0 Å². The largest absolute Gasteiger partial charge is 0.492 e. The van der Waals surface area contributed by atoms with Crippen molar-refractivity contribution in [3.8, 4) is 17.6 Å². The molecule has 0 spiro atoms. The quantitative estimate of drug-likeness (QED) is 0.817. The van der Waals surface area contributed by atoms with E-state index in [1.165, 1.54) is 4.31 Å². The van der Waals surface area contributed by atoms with E-state index in [0.717, 1.165) is 5.56 Å². The zero-order valence-electron chi connectivity index (χ0n) is 11.2. The van der Waals surface area contributed by atoms with Gasteiger partial charge in [-0.3, -0.25) is 0 Å². The molecular weight excluding hydrogens is 276 g/mol. The monoisotopic (exact) mass is 294 g/mol. The number of hydrogen-bond donors (Lipinski definition) is 1.